The largest absolute Gasteiger partial charge is 0.496 e. The number of ether oxygens (including phenoxy) is 1. The van der Waals surface area contributed by atoms with Gasteiger partial charge in [0.1, 0.15) is 11.6 Å². The maximum absolute atomic E-state index is 13.2. The molecule has 0 radical (unpaired) electrons. The number of benzene rings is 2. The molecule has 2 aromatic carbocycles. The van der Waals surface area contributed by atoms with E-state index in [2.05, 4.69) is 22.5 Å². The van der Waals surface area contributed by atoms with E-state index in [1.54, 1.807) is 13.2 Å². The number of aromatic amines is 1. The molecule has 3 aromatic rings. The minimum absolute atomic E-state index is 0.0152. The van der Waals surface area contributed by atoms with Crippen LogP contribution in [0, 0.1) is 17.8 Å². The molecule has 2 aliphatic rings. The van der Waals surface area contributed by atoms with Gasteiger partial charge in [-0.25, -0.2) is 4.98 Å². The first kappa shape index (κ1) is 18.6. The van der Waals surface area contributed by atoms with Gasteiger partial charge in [-0.3, -0.25) is 9.59 Å². The Bertz CT molecular complexity index is 1200. The van der Waals surface area contributed by atoms with Crippen molar-refractivity contribution in [2.45, 2.75) is 18.9 Å². The number of nitrogens with zero attached hydrogens (tertiary/aromatic N) is 1. The summed E-state index contributed by atoms with van der Waals surface area (Å²) in [4.78, 5) is 33.5. The number of methoxy groups -OCH3 is 1. The average molecular weight is 401 g/mol. The average Bonchev–Trinajstić information content (AvgIpc) is 3.39. The van der Waals surface area contributed by atoms with Gasteiger partial charge in [0.2, 0.25) is 5.91 Å². The molecule has 30 heavy (non-hydrogen) atoms. The van der Waals surface area contributed by atoms with E-state index in [-0.39, 0.29) is 35.1 Å². The lowest BCUT2D eigenvalue weighted by Crippen LogP contribution is -2.37. The normalized spacial score (nSPS) is 24.3. The van der Waals surface area contributed by atoms with Crippen LogP contribution in [-0.4, -0.2) is 23.0 Å². The lowest BCUT2D eigenvalue weighted by atomic mass is 9.81. The molecule has 0 aliphatic heterocycles. The van der Waals surface area contributed by atoms with Gasteiger partial charge in [0.25, 0.3) is 5.56 Å². The van der Waals surface area contributed by atoms with E-state index < -0.39 is 0 Å². The highest BCUT2D eigenvalue weighted by Gasteiger charge is 2.49. The second-order valence-electron chi connectivity index (χ2n) is 8.00. The number of nitrogens with one attached hydrogen (secondary N) is 2. The zero-order valence-corrected chi connectivity index (χ0v) is 16.7. The number of para-hydroxylation sites is 2. The van der Waals surface area contributed by atoms with Gasteiger partial charge in [-0.05, 0) is 36.5 Å². The molecule has 2 aliphatic carbocycles. The maximum atomic E-state index is 13.2. The fourth-order valence-electron chi connectivity index (χ4n) is 4.96. The van der Waals surface area contributed by atoms with Crippen molar-refractivity contribution in [2.24, 2.45) is 17.8 Å². The second kappa shape index (κ2) is 7.44. The SMILES string of the molecule is COc1ccccc1CNC(=O)[C@H]1[C@H](c2nc3ccccc3c(=O)[nH]2)[C@H]2C=C[C@H]1C2. The van der Waals surface area contributed by atoms with E-state index in [9.17, 15) is 9.59 Å². The van der Waals surface area contributed by atoms with Gasteiger partial charge in [-0.1, -0.05) is 42.5 Å². The number of hydrogen-bond acceptors (Lipinski definition) is 4. The Hall–Kier alpha value is -3.41. The van der Waals surface area contributed by atoms with Crippen molar-refractivity contribution in [1.82, 2.24) is 15.3 Å². The summed E-state index contributed by atoms with van der Waals surface area (Å²) in [5.41, 5.74) is 1.44. The second-order valence-corrected chi connectivity index (χ2v) is 8.00. The monoisotopic (exact) mass is 401 g/mol. The van der Waals surface area contributed by atoms with Gasteiger partial charge in [0.15, 0.2) is 0 Å². The minimum Gasteiger partial charge on any atom is -0.496 e. The molecule has 0 saturated heterocycles. The van der Waals surface area contributed by atoms with Crippen LogP contribution >= 0.6 is 0 Å². The van der Waals surface area contributed by atoms with Crippen LogP contribution in [0.4, 0.5) is 0 Å². The fraction of sp³-hybridized carbons (Fsp3) is 0.292. The quantitative estimate of drug-likeness (QED) is 0.644. The summed E-state index contributed by atoms with van der Waals surface area (Å²) in [6, 6.07) is 15.0. The molecule has 5 rings (SSSR count). The molecule has 1 amide bonds. The lowest BCUT2D eigenvalue weighted by Gasteiger charge is -2.26. The number of aromatic nitrogens is 2. The van der Waals surface area contributed by atoms with Crippen LogP contribution in [0.25, 0.3) is 10.9 Å². The standard InChI is InChI=1S/C24H23N3O3/c1-30-19-9-5-2-6-16(19)13-25-24(29)21-15-11-10-14(12-15)20(21)22-26-18-8-4-3-7-17(18)23(28)27-22/h2-11,14-15,20-21H,12-13H2,1H3,(H,25,29)(H,26,27,28)/t14-,15-,20+,21+/m0/s1. The lowest BCUT2D eigenvalue weighted by molar-refractivity contribution is -0.126. The van der Waals surface area contributed by atoms with Crippen molar-refractivity contribution < 1.29 is 9.53 Å². The fourth-order valence-corrected chi connectivity index (χ4v) is 4.96. The number of hydrogen-bond donors (Lipinski definition) is 2. The topological polar surface area (TPSA) is 84.1 Å². The van der Waals surface area contributed by atoms with Crippen LogP contribution in [0.15, 0.2) is 65.5 Å². The number of rotatable bonds is 5. The number of carbonyl (C=O) groups excluding carboxylic acids is 1. The van der Waals surface area contributed by atoms with Crippen LogP contribution in [-0.2, 0) is 11.3 Å². The molecular weight excluding hydrogens is 378 g/mol. The number of fused-ring (bicyclic) bond motifs is 3. The van der Waals surface area contributed by atoms with Crippen LogP contribution in [0.3, 0.4) is 0 Å². The van der Waals surface area contributed by atoms with E-state index in [1.165, 1.54) is 0 Å². The van der Waals surface area contributed by atoms with Gasteiger partial charge in [-0.2, -0.15) is 0 Å². The summed E-state index contributed by atoms with van der Waals surface area (Å²) < 4.78 is 5.38. The number of carbonyl (C=O) groups is 1. The van der Waals surface area contributed by atoms with E-state index >= 15 is 0 Å². The van der Waals surface area contributed by atoms with E-state index in [4.69, 9.17) is 9.72 Å². The molecule has 6 nitrogen and oxygen atoms in total. The summed E-state index contributed by atoms with van der Waals surface area (Å²) in [7, 11) is 1.62. The summed E-state index contributed by atoms with van der Waals surface area (Å²) >= 11 is 0. The molecule has 1 aromatic heterocycles. The maximum Gasteiger partial charge on any atom is 0.258 e. The highest BCUT2D eigenvalue weighted by Crippen LogP contribution is 2.52. The van der Waals surface area contributed by atoms with Crippen molar-refractivity contribution in [2.75, 3.05) is 7.11 Å². The van der Waals surface area contributed by atoms with Gasteiger partial charge in [0, 0.05) is 18.0 Å². The van der Waals surface area contributed by atoms with Crippen molar-refractivity contribution in [3.8, 4) is 5.75 Å². The third kappa shape index (κ3) is 3.09. The molecule has 2 N–H and O–H groups in total. The zero-order valence-electron chi connectivity index (χ0n) is 16.7. The molecule has 0 spiro atoms. The third-order valence-corrected chi connectivity index (χ3v) is 6.35. The van der Waals surface area contributed by atoms with Gasteiger partial charge in [-0.15, -0.1) is 0 Å². The summed E-state index contributed by atoms with van der Waals surface area (Å²) in [6.45, 7) is 0.398. The van der Waals surface area contributed by atoms with Gasteiger partial charge >= 0.3 is 0 Å². The summed E-state index contributed by atoms with van der Waals surface area (Å²) in [6.07, 6.45) is 5.20. The van der Waals surface area contributed by atoms with Crippen molar-refractivity contribution >= 4 is 16.8 Å². The Morgan fingerprint density at radius 1 is 1.13 bits per heavy atom. The number of amides is 1. The first-order valence-corrected chi connectivity index (χ1v) is 10.2. The molecule has 152 valence electrons. The van der Waals surface area contributed by atoms with Crippen molar-refractivity contribution in [3.63, 3.8) is 0 Å². The van der Waals surface area contributed by atoms with Crippen LogP contribution in [0.1, 0.15) is 23.7 Å². The predicted molar refractivity (Wildman–Crippen MR) is 114 cm³/mol. The van der Waals surface area contributed by atoms with E-state index in [0.29, 0.717) is 23.3 Å². The first-order chi connectivity index (χ1) is 14.7. The van der Waals surface area contributed by atoms with E-state index in [0.717, 1.165) is 17.7 Å². The Morgan fingerprint density at radius 2 is 1.90 bits per heavy atom. The first-order valence-electron chi connectivity index (χ1n) is 10.2. The third-order valence-electron chi connectivity index (χ3n) is 6.35. The molecule has 0 unspecified atom stereocenters. The Labute approximate surface area is 174 Å². The van der Waals surface area contributed by atoms with Gasteiger partial charge in [0.05, 0.1) is 23.9 Å². The summed E-state index contributed by atoms with van der Waals surface area (Å²) in [5, 5.41) is 3.65. The van der Waals surface area contributed by atoms with E-state index in [1.807, 2.05) is 42.5 Å². The number of allylic oxidation sites excluding steroid dienone is 2. The predicted octanol–water partition coefficient (Wildman–Crippen LogP) is 3.15. The van der Waals surface area contributed by atoms with Crippen molar-refractivity contribution in [1.29, 1.82) is 0 Å². The summed E-state index contributed by atoms with van der Waals surface area (Å²) in [5.74, 6) is 1.33. The molecule has 2 bridgehead atoms. The van der Waals surface area contributed by atoms with Crippen LogP contribution in [0.2, 0.25) is 0 Å². The Morgan fingerprint density at radius 3 is 2.77 bits per heavy atom. The number of H-pyrrole nitrogens is 1. The molecular formula is C24H23N3O3. The van der Waals surface area contributed by atoms with Gasteiger partial charge < -0.3 is 15.0 Å². The minimum atomic E-state index is -0.251. The highest BCUT2D eigenvalue weighted by molar-refractivity contribution is 5.82. The van der Waals surface area contributed by atoms with Crippen LogP contribution in [0.5, 0.6) is 5.75 Å². The molecule has 1 heterocycles. The smallest absolute Gasteiger partial charge is 0.258 e. The Balaban J connectivity index is 1.44. The molecule has 4 atom stereocenters. The van der Waals surface area contributed by atoms with Crippen LogP contribution < -0.4 is 15.6 Å². The molecule has 6 heteroatoms. The Kier molecular flexibility index (Phi) is 4.62. The van der Waals surface area contributed by atoms with Crippen molar-refractivity contribution in [3.05, 3.63) is 82.4 Å². The highest BCUT2D eigenvalue weighted by atomic mass is 16.5. The molecule has 1 saturated carbocycles. The molecule has 1 fully saturated rings. The zero-order chi connectivity index (χ0) is 20.7.